The van der Waals surface area contributed by atoms with Crippen LogP contribution in [0.5, 0.6) is 0 Å². The molecule has 0 spiro atoms. The number of hydrogen-bond acceptors (Lipinski definition) is 6. The Morgan fingerprint density at radius 3 is 2.77 bits per heavy atom. The van der Waals surface area contributed by atoms with Crippen LogP contribution in [-0.4, -0.2) is 28.6 Å². The summed E-state index contributed by atoms with van der Waals surface area (Å²) in [7, 11) is 0. The lowest BCUT2D eigenvalue weighted by atomic mass is 10.1. The van der Waals surface area contributed by atoms with Gasteiger partial charge < -0.3 is 10.2 Å². The van der Waals surface area contributed by atoms with Gasteiger partial charge in [0.1, 0.15) is 0 Å². The third-order valence-corrected chi connectivity index (χ3v) is 7.18. The summed E-state index contributed by atoms with van der Waals surface area (Å²) in [6.45, 7) is 2.36. The van der Waals surface area contributed by atoms with E-state index in [1.54, 1.807) is 4.90 Å². The molecule has 0 aliphatic carbocycles. The van der Waals surface area contributed by atoms with Crippen molar-refractivity contribution in [3.63, 3.8) is 0 Å². The Morgan fingerprint density at radius 1 is 1.23 bits per heavy atom. The molecule has 0 radical (unpaired) electrons. The van der Waals surface area contributed by atoms with Gasteiger partial charge in [0.05, 0.1) is 5.92 Å². The number of halogens is 1. The number of hydrogen-bond donors (Lipinski definition) is 1. The largest absolute Gasteiger partial charge is 0.312 e. The lowest BCUT2D eigenvalue weighted by Gasteiger charge is -2.16. The van der Waals surface area contributed by atoms with E-state index in [-0.39, 0.29) is 18.2 Å². The van der Waals surface area contributed by atoms with E-state index < -0.39 is 5.92 Å². The third-order valence-electron chi connectivity index (χ3n) is 4.79. The van der Waals surface area contributed by atoms with Crippen molar-refractivity contribution in [1.29, 1.82) is 0 Å². The van der Waals surface area contributed by atoms with Crippen molar-refractivity contribution in [2.24, 2.45) is 5.92 Å². The molecule has 9 heteroatoms. The molecule has 1 unspecified atom stereocenters. The molecule has 1 N–H and O–H groups in total. The molecule has 0 bridgehead atoms. The first-order valence-corrected chi connectivity index (χ1v) is 11.5. The van der Waals surface area contributed by atoms with Gasteiger partial charge in [-0.3, -0.25) is 9.59 Å². The summed E-state index contributed by atoms with van der Waals surface area (Å²) >= 11 is 9.00. The highest BCUT2D eigenvalue weighted by Gasteiger charge is 2.35. The fourth-order valence-electron chi connectivity index (χ4n) is 3.14. The SMILES string of the molecule is Cc1ccc(N2CC(C(=O)Nc3nnc(SCc4ccccc4Cl)s3)CC2=O)cc1. The number of amides is 2. The molecule has 6 nitrogen and oxygen atoms in total. The van der Waals surface area contributed by atoms with E-state index in [1.807, 2.05) is 55.5 Å². The predicted octanol–water partition coefficient (Wildman–Crippen LogP) is 4.78. The Morgan fingerprint density at radius 2 is 2.00 bits per heavy atom. The number of nitrogens with zero attached hydrogens (tertiary/aromatic N) is 3. The number of aryl methyl sites for hydroxylation is 1. The topological polar surface area (TPSA) is 75.2 Å². The molecule has 2 aromatic carbocycles. The fourth-order valence-corrected chi connectivity index (χ4v) is 5.18. The number of rotatable bonds is 6. The zero-order valence-electron chi connectivity index (χ0n) is 16.2. The number of aromatic nitrogens is 2. The molecular weight excluding hydrogens is 440 g/mol. The maximum atomic E-state index is 12.6. The summed E-state index contributed by atoms with van der Waals surface area (Å²) in [5, 5.41) is 12.1. The lowest BCUT2D eigenvalue weighted by molar-refractivity contribution is -0.122. The molecule has 1 fully saturated rings. The summed E-state index contributed by atoms with van der Waals surface area (Å²) in [6, 6.07) is 15.4. The maximum absolute atomic E-state index is 12.6. The predicted molar refractivity (Wildman–Crippen MR) is 121 cm³/mol. The second-order valence-corrected chi connectivity index (χ2v) is 9.59. The van der Waals surface area contributed by atoms with E-state index in [9.17, 15) is 9.59 Å². The second kappa shape index (κ2) is 9.16. The van der Waals surface area contributed by atoms with Gasteiger partial charge in [-0.2, -0.15) is 0 Å². The van der Waals surface area contributed by atoms with Crippen LogP contribution in [0.15, 0.2) is 52.9 Å². The van der Waals surface area contributed by atoms with E-state index in [2.05, 4.69) is 15.5 Å². The second-order valence-electron chi connectivity index (χ2n) is 6.98. The Labute approximate surface area is 187 Å². The molecule has 154 valence electrons. The Kier molecular flexibility index (Phi) is 6.36. The van der Waals surface area contributed by atoms with Crippen molar-refractivity contribution < 1.29 is 9.59 Å². The average molecular weight is 459 g/mol. The van der Waals surface area contributed by atoms with Gasteiger partial charge in [0.15, 0.2) is 4.34 Å². The first-order chi connectivity index (χ1) is 14.5. The molecule has 2 amide bonds. The molecule has 1 atom stereocenters. The van der Waals surface area contributed by atoms with Crippen LogP contribution in [-0.2, 0) is 15.3 Å². The van der Waals surface area contributed by atoms with Crippen molar-refractivity contribution in [2.75, 3.05) is 16.8 Å². The standard InChI is InChI=1S/C21H19ClN4O2S2/c1-13-6-8-16(9-7-13)26-11-15(10-18(26)27)19(28)23-20-24-25-21(30-20)29-12-14-4-2-3-5-17(14)22/h2-9,15H,10-12H2,1H3,(H,23,24,28). The molecule has 1 aliphatic heterocycles. The highest BCUT2D eigenvalue weighted by molar-refractivity contribution is 8.00. The van der Waals surface area contributed by atoms with Crippen LogP contribution < -0.4 is 10.2 Å². The zero-order valence-corrected chi connectivity index (χ0v) is 18.6. The van der Waals surface area contributed by atoms with Crippen molar-refractivity contribution in [3.05, 3.63) is 64.7 Å². The van der Waals surface area contributed by atoms with Gasteiger partial charge in [-0.15, -0.1) is 10.2 Å². The minimum atomic E-state index is -0.415. The van der Waals surface area contributed by atoms with E-state index in [0.29, 0.717) is 22.5 Å². The van der Waals surface area contributed by atoms with Crippen LogP contribution in [0, 0.1) is 12.8 Å². The lowest BCUT2D eigenvalue weighted by Crippen LogP contribution is -2.28. The van der Waals surface area contributed by atoms with Gasteiger partial charge in [0.2, 0.25) is 16.9 Å². The van der Waals surface area contributed by atoms with Crippen molar-refractivity contribution >= 4 is 57.3 Å². The molecular formula is C21H19ClN4O2S2. The smallest absolute Gasteiger partial charge is 0.231 e. The van der Waals surface area contributed by atoms with Gasteiger partial charge in [0, 0.05) is 29.4 Å². The summed E-state index contributed by atoms with van der Waals surface area (Å²) in [4.78, 5) is 26.7. The van der Waals surface area contributed by atoms with Crippen LogP contribution in [0.2, 0.25) is 5.02 Å². The van der Waals surface area contributed by atoms with Crippen LogP contribution in [0.1, 0.15) is 17.5 Å². The van der Waals surface area contributed by atoms with E-state index in [0.717, 1.165) is 21.2 Å². The van der Waals surface area contributed by atoms with Crippen molar-refractivity contribution in [1.82, 2.24) is 10.2 Å². The molecule has 4 rings (SSSR count). The van der Waals surface area contributed by atoms with Gasteiger partial charge in [-0.05, 0) is 30.7 Å². The summed E-state index contributed by atoms with van der Waals surface area (Å²) < 4.78 is 0.744. The highest BCUT2D eigenvalue weighted by Crippen LogP contribution is 2.31. The zero-order chi connectivity index (χ0) is 21.1. The fraction of sp³-hybridized carbons (Fsp3) is 0.238. The molecule has 1 aromatic heterocycles. The molecule has 3 aromatic rings. The van der Waals surface area contributed by atoms with Crippen molar-refractivity contribution in [3.8, 4) is 0 Å². The molecule has 0 saturated carbocycles. The number of nitrogens with one attached hydrogen (secondary N) is 1. The normalized spacial score (nSPS) is 16.1. The van der Waals surface area contributed by atoms with Gasteiger partial charge in [-0.25, -0.2) is 0 Å². The van der Waals surface area contributed by atoms with E-state index >= 15 is 0 Å². The van der Waals surface area contributed by atoms with Gasteiger partial charge in [-0.1, -0.05) is 70.6 Å². The summed E-state index contributed by atoms with van der Waals surface area (Å²) in [6.07, 6.45) is 0.187. The third kappa shape index (κ3) is 4.83. The minimum Gasteiger partial charge on any atom is -0.312 e. The van der Waals surface area contributed by atoms with Crippen molar-refractivity contribution in [2.45, 2.75) is 23.4 Å². The maximum Gasteiger partial charge on any atom is 0.231 e. The molecule has 2 heterocycles. The Balaban J connectivity index is 1.34. The van der Waals surface area contributed by atoms with Gasteiger partial charge >= 0.3 is 0 Å². The minimum absolute atomic E-state index is 0.0488. The van der Waals surface area contributed by atoms with E-state index in [1.165, 1.54) is 23.1 Å². The number of thioether (sulfide) groups is 1. The van der Waals surface area contributed by atoms with E-state index in [4.69, 9.17) is 11.6 Å². The summed E-state index contributed by atoms with van der Waals surface area (Å²) in [5.74, 6) is -0.00353. The Bertz CT molecular complexity index is 1070. The average Bonchev–Trinajstić information content (AvgIpc) is 3.34. The summed E-state index contributed by atoms with van der Waals surface area (Å²) in [5.41, 5.74) is 2.96. The Hall–Kier alpha value is -2.42. The monoisotopic (exact) mass is 458 g/mol. The first kappa shape index (κ1) is 20.8. The number of carbonyl (C=O) groups is 2. The first-order valence-electron chi connectivity index (χ1n) is 9.37. The van der Waals surface area contributed by atoms with Crippen LogP contribution in [0.4, 0.5) is 10.8 Å². The van der Waals surface area contributed by atoms with Crippen LogP contribution in [0.25, 0.3) is 0 Å². The highest BCUT2D eigenvalue weighted by atomic mass is 35.5. The van der Waals surface area contributed by atoms with Crippen LogP contribution in [0.3, 0.4) is 0 Å². The number of benzene rings is 2. The molecule has 1 aliphatic rings. The van der Waals surface area contributed by atoms with Gasteiger partial charge in [0.25, 0.3) is 0 Å². The molecule has 30 heavy (non-hydrogen) atoms. The molecule has 1 saturated heterocycles. The number of anilines is 2. The number of carbonyl (C=O) groups excluding carboxylic acids is 2. The quantitative estimate of drug-likeness (QED) is 0.425. The van der Waals surface area contributed by atoms with Crippen LogP contribution >= 0.6 is 34.7 Å².